The fourth-order valence-electron chi connectivity index (χ4n) is 2.63. The number of aliphatic hydroxyl groups excluding tert-OH is 1. The van der Waals surface area contributed by atoms with E-state index in [1.54, 1.807) is 19.1 Å². The van der Waals surface area contributed by atoms with Gasteiger partial charge in [-0.1, -0.05) is 30.3 Å². The Hall–Kier alpha value is -1.73. The molecule has 24 heavy (non-hydrogen) atoms. The summed E-state index contributed by atoms with van der Waals surface area (Å²) in [4.78, 5) is 0.255. The maximum absolute atomic E-state index is 12.5. The molecule has 2 N–H and O–H groups in total. The minimum absolute atomic E-state index is 0.0591. The van der Waals surface area contributed by atoms with Gasteiger partial charge in [0.15, 0.2) is 0 Å². The number of hydrogen-bond acceptors (Lipinski definition) is 4. The first kappa shape index (κ1) is 17.1. The summed E-state index contributed by atoms with van der Waals surface area (Å²) >= 11 is 1.54. The predicted octanol–water partition coefficient (Wildman–Crippen LogP) is 3.53. The van der Waals surface area contributed by atoms with Gasteiger partial charge in [0, 0.05) is 16.8 Å². The molecule has 1 atom stereocenters. The number of thiophene rings is 1. The fourth-order valence-corrected chi connectivity index (χ4v) is 5.00. The monoisotopic (exact) mass is 361 g/mol. The van der Waals surface area contributed by atoms with E-state index in [1.165, 1.54) is 11.3 Å². The molecule has 0 saturated heterocycles. The van der Waals surface area contributed by atoms with Crippen LogP contribution in [0.3, 0.4) is 0 Å². The lowest BCUT2D eigenvalue weighted by molar-refractivity contribution is 0.184. The van der Waals surface area contributed by atoms with E-state index in [0.29, 0.717) is 5.56 Å². The molecule has 1 heterocycles. The second kappa shape index (κ2) is 6.64. The van der Waals surface area contributed by atoms with Crippen LogP contribution >= 0.6 is 11.3 Å². The molecular weight excluding hydrogens is 342 g/mol. The zero-order valence-electron chi connectivity index (χ0n) is 13.5. The summed E-state index contributed by atoms with van der Waals surface area (Å²) in [6.07, 6.45) is -0.888. The largest absolute Gasteiger partial charge is 0.387 e. The highest BCUT2D eigenvalue weighted by atomic mass is 32.2. The molecule has 6 heteroatoms. The Morgan fingerprint density at radius 1 is 1.17 bits per heavy atom. The molecule has 1 aromatic heterocycles. The summed E-state index contributed by atoms with van der Waals surface area (Å²) in [7, 11) is -3.66. The predicted molar refractivity (Wildman–Crippen MR) is 97.9 cm³/mol. The van der Waals surface area contributed by atoms with E-state index in [2.05, 4.69) is 4.72 Å². The van der Waals surface area contributed by atoms with Crippen LogP contribution in [0.15, 0.2) is 52.7 Å². The SMILES string of the molecule is Cc1ccc(C)c(S(=O)(=O)NCC(O)c2csc3ccccc23)c1. The molecule has 2 aromatic carbocycles. The van der Waals surface area contributed by atoms with Crippen LogP contribution in [0.25, 0.3) is 10.1 Å². The van der Waals surface area contributed by atoms with E-state index in [4.69, 9.17) is 0 Å². The highest BCUT2D eigenvalue weighted by Gasteiger charge is 2.20. The van der Waals surface area contributed by atoms with Gasteiger partial charge in [-0.15, -0.1) is 11.3 Å². The molecule has 0 amide bonds. The number of aliphatic hydroxyl groups is 1. The van der Waals surface area contributed by atoms with Crippen molar-refractivity contribution in [2.24, 2.45) is 0 Å². The van der Waals surface area contributed by atoms with Gasteiger partial charge < -0.3 is 5.11 Å². The maximum Gasteiger partial charge on any atom is 0.240 e. The lowest BCUT2D eigenvalue weighted by atomic mass is 10.1. The van der Waals surface area contributed by atoms with Crippen molar-refractivity contribution >= 4 is 31.4 Å². The molecule has 126 valence electrons. The molecule has 0 radical (unpaired) electrons. The first-order valence-corrected chi connectivity index (χ1v) is 9.96. The molecule has 0 aliphatic rings. The van der Waals surface area contributed by atoms with Crippen molar-refractivity contribution in [1.29, 1.82) is 0 Å². The number of sulfonamides is 1. The van der Waals surface area contributed by atoms with Gasteiger partial charge in [-0.05, 0) is 47.9 Å². The average Bonchev–Trinajstić information content (AvgIpc) is 2.99. The molecule has 4 nitrogen and oxygen atoms in total. The normalized spacial score (nSPS) is 13.3. The van der Waals surface area contributed by atoms with E-state index in [9.17, 15) is 13.5 Å². The zero-order chi connectivity index (χ0) is 17.3. The van der Waals surface area contributed by atoms with Crippen LogP contribution in [-0.4, -0.2) is 20.1 Å². The minimum Gasteiger partial charge on any atom is -0.387 e. The molecule has 0 aliphatic carbocycles. The number of rotatable bonds is 5. The first-order chi connectivity index (χ1) is 11.4. The summed E-state index contributed by atoms with van der Waals surface area (Å²) in [5, 5.41) is 13.3. The van der Waals surface area contributed by atoms with Crippen LogP contribution in [-0.2, 0) is 10.0 Å². The number of fused-ring (bicyclic) bond motifs is 1. The van der Waals surface area contributed by atoms with Gasteiger partial charge in [-0.3, -0.25) is 0 Å². The first-order valence-electron chi connectivity index (χ1n) is 7.59. The molecule has 0 fully saturated rings. The van der Waals surface area contributed by atoms with Crippen molar-refractivity contribution in [3.63, 3.8) is 0 Å². The zero-order valence-corrected chi connectivity index (χ0v) is 15.1. The van der Waals surface area contributed by atoms with Crippen LogP contribution in [0.2, 0.25) is 0 Å². The molecular formula is C18H19NO3S2. The smallest absolute Gasteiger partial charge is 0.240 e. The van der Waals surface area contributed by atoms with E-state index < -0.39 is 16.1 Å². The van der Waals surface area contributed by atoms with E-state index >= 15 is 0 Å². The van der Waals surface area contributed by atoms with Crippen molar-refractivity contribution in [2.75, 3.05) is 6.54 Å². The highest BCUT2D eigenvalue weighted by Crippen LogP contribution is 2.30. The standard InChI is InChI=1S/C18H19NO3S2/c1-12-7-8-13(2)18(9-12)24(21,22)19-10-16(20)15-11-23-17-6-4-3-5-14(15)17/h3-9,11,16,19-20H,10H2,1-2H3. The van der Waals surface area contributed by atoms with Gasteiger partial charge in [-0.2, -0.15) is 0 Å². The molecule has 0 bridgehead atoms. The number of hydrogen-bond donors (Lipinski definition) is 2. The second-order valence-corrected chi connectivity index (χ2v) is 8.47. The summed E-state index contributed by atoms with van der Waals surface area (Å²) in [6.45, 7) is 3.55. The Bertz CT molecular complexity index is 977. The van der Waals surface area contributed by atoms with E-state index in [0.717, 1.165) is 21.2 Å². The summed E-state index contributed by atoms with van der Waals surface area (Å²) in [5.74, 6) is 0. The molecule has 3 rings (SSSR count). The number of aryl methyl sites for hydroxylation is 2. The molecule has 0 saturated carbocycles. The van der Waals surface area contributed by atoms with Gasteiger partial charge in [0.2, 0.25) is 10.0 Å². The molecule has 3 aromatic rings. The fraction of sp³-hybridized carbons (Fsp3) is 0.222. The van der Waals surface area contributed by atoms with Crippen LogP contribution < -0.4 is 4.72 Å². The molecule has 1 unspecified atom stereocenters. The lowest BCUT2D eigenvalue weighted by Gasteiger charge is -2.13. The molecule has 0 aliphatic heterocycles. The number of benzene rings is 2. The Morgan fingerprint density at radius 2 is 1.92 bits per heavy atom. The third-order valence-electron chi connectivity index (χ3n) is 3.97. The van der Waals surface area contributed by atoms with Gasteiger partial charge in [-0.25, -0.2) is 13.1 Å². The molecule has 0 spiro atoms. The van der Waals surface area contributed by atoms with Gasteiger partial charge in [0.05, 0.1) is 11.0 Å². The van der Waals surface area contributed by atoms with Crippen molar-refractivity contribution < 1.29 is 13.5 Å². The highest BCUT2D eigenvalue weighted by molar-refractivity contribution is 7.89. The minimum atomic E-state index is -3.66. The average molecular weight is 361 g/mol. The summed E-state index contributed by atoms with van der Waals surface area (Å²) in [5.41, 5.74) is 2.31. The van der Waals surface area contributed by atoms with Gasteiger partial charge in [0.1, 0.15) is 0 Å². The lowest BCUT2D eigenvalue weighted by Crippen LogP contribution is -2.29. The van der Waals surface area contributed by atoms with Crippen LogP contribution in [0, 0.1) is 13.8 Å². The van der Waals surface area contributed by atoms with Crippen LogP contribution in [0.5, 0.6) is 0 Å². The van der Waals surface area contributed by atoms with E-state index in [-0.39, 0.29) is 11.4 Å². The van der Waals surface area contributed by atoms with Crippen molar-refractivity contribution in [3.8, 4) is 0 Å². The second-order valence-electron chi connectivity index (χ2n) is 5.82. The van der Waals surface area contributed by atoms with E-state index in [1.807, 2.05) is 42.6 Å². The third kappa shape index (κ3) is 3.37. The summed E-state index contributed by atoms with van der Waals surface area (Å²) < 4.78 is 28.6. The van der Waals surface area contributed by atoms with Crippen molar-refractivity contribution in [1.82, 2.24) is 4.72 Å². The topological polar surface area (TPSA) is 66.4 Å². The van der Waals surface area contributed by atoms with Crippen LogP contribution in [0.1, 0.15) is 22.8 Å². The number of nitrogens with one attached hydrogen (secondary N) is 1. The van der Waals surface area contributed by atoms with Gasteiger partial charge >= 0.3 is 0 Å². The Labute approximate surface area is 145 Å². The quantitative estimate of drug-likeness (QED) is 0.730. The Kier molecular flexibility index (Phi) is 4.73. The third-order valence-corrected chi connectivity index (χ3v) is 6.52. The van der Waals surface area contributed by atoms with Crippen molar-refractivity contribution in [3.05, 3.63) is 64.5 Å². The Balaban J connectivity index is 1.80. The summed E-state index contributed by atoms with van der Waals surface area (Å²) in [6, 6.07) is 13.1. The van der Waals surface area contributed by atoms with Crippen molar-refractivity contribution in [2.45, 2.75) is 24.8 Å². The Morgan fingerprint density at radius 3 is 2.71 bits per heavy atom. The van der Waals surface area contributed by atoms with Gasteiger partial charge in [0.25, 0.3) is 0 Å². The van der Waals surface area contributed by atoms with Crippen LogP contribution in [0.4, 0.5) is 0 Å². The maximum atomic E-state index is 12.5.